The number of H-pyrrole nitrogens is 1. The first-order valence-corrected chi connectivity index (χ1v) is 10.1. The van der Waals surface area contributed by atoms with E-state index in [0.29, 0.717) is 12.3 Å². The topological polar surface area (TPSA) is 67.4 Å². The van der Waals surface area contributed by atoms with Crippen LogP contribution in [-0.2, 0) is 11.2 Å². The number of aromatic amines is 1. The highest BCUT2D eigenvalue weighted by molar-refractivity contribution is 5.89. The Labute approximate surface area is 171 Å². The average molecular weight is 390 g/mol. The lowest BCUT2D eigenvalue weighted by Crippen LogP contribution is -2.17. The van der Waals surface area contributed by atoms with E-state index in [0.717, 1.165) is 66.1 Å². The molecule has 3 aromatic rings. The monoisotopic (exact) mass is 390 g/mol. The molecule has 0 amide bonds. The summed E-state index contributed by atoms with van der Waals surface area (Å²) in [7, 11) is 1.68. The lowest BCUT2D eigenvalue weighted by molar-refractivity contribution is 0.0666. The van der Waals surface area contributed by atoms with E-state index in [1.165, 1.54) is 5.56 Å². The second-order valence-electron chi connectivity index (χ2n) is 7.36. The smallest absolute Gasteiger partial charge is 0.138 e. The highest BCUT2D eigenvalue weighted by Gasteiger charge is 2.21. The van der Waals surface area contributed by atoms with Crippen molar-refractivity contribution in [1.82, 2.24) is 9.97 Å². The van der Waals surface area contributed by atoms with Gasteiger partial charge in [0.05, 0.1) is 19.4 Å². The molecule has 5 nitrogen and oxygen atoms in total. The van der Waals surface area contributed by atoms with Crippen LogP contribution in [0.5, 0.6) is 5.75 Å². The first kappa shape index (κ1) is 19.5. The standard InChI is InChI=1S/C24H26N2O3/c1-28-20-7-5-19(6-8-20)23-21(14-17-9-12-29-13-10-17)22-15-18(4-2-3-11-27)16-25-24(22)26-23/h5-8,15-17,27H,3,9-14H2,1H3,(H,25,26). The largest absolute Gasteiger partial charge is 0.497 e. The van der Waals surface area contributed by atoms with Crippen molar-refractivity contribution < 1.29 is 14.6 Å². The number of benzene rings is 1. The van der Waals surface area contributed by atoms with E-state index in [1.54, 1.807) is 13.3 Å². The van der Waals surface area contributed by atoms with Gasteiger partial charge in [-0.05, 0) is 66.6 Å². The van der Waals surface area contributed by atoms with Gasteiger partial charge in [0, 0.05) is 36.8 Å². The van der Waals surface area contributed by atoms with E-state index >= 15 is 0 Å². The van der Waals surface area contributed by atoms with E-state index in [4.69, 9.17) is 14.6 Å². The average Bonchev–Trinajstić information content (AvgIpc) is 3.12. The Morgan fingerprint density at radius 1 is 1.24 bits per heavy atom. The number of methoxy groups -OCH3 is 1. The first-order valence-electron chi connectivity index (χ1n) is 10.1. The third kappa shape index (κ3) is 4.45. The maximum absolute atomic E-state index is 8.97. The van der Waals surface area contributed by atoms with Crippen LogP contribution in [-0.4, -0.2) is 42.0 Å². The minimum Gasteiger partial charge on any atom is -0.497 e. The summed E-state index contributed by atoms with van der Waals surface area (Å²) in [4.78, 5) is 8.15. The number of nitrogens with one attached hydrogen (secondary N) is 1. The van der Waals surface area contributed by atoms with Crippen molar-refractivity contribution in [1.29, 1.82) is 0 Å². The van der Waals surface area contributed by atoms with E-state index in [2.05, 4.69) is 40.0 Å². The molecule has 0 bridgehead atoms. The van der Waals surface area contributed by atoms with Gasteiger partial charge in [-0.25, -0.2) is 4.98 Å². The minimum absolute atomic E-state index is 0.0729. The van der Waals surface area contributed by atoms with Crippen LogP contribution < -0.4 is 4.74 Å². The second kappa shape index (κ2) is 9.13. The molecule has 0 radical (unpaired) electrons. The van der Waals surface area contributed by atoms with Gasteiger partial charge in [-0.2, -0.15) is 0 Å². The lowest BCUT2D eigenvalue weighted by atomic mass is 9.90. The summed E-state index contributed by atoms with van der Waals surface area (Å²) in [6.45, 7) is 1.74. The third-order valence-electron chi connectivity index (χ3n) is 5.44. The molecule has 0 spiro atoms. The zero-order valence-electron chi connectivity index (χ0n) is 16.7. The van der Waals surface area contributed by atoms with Crippen molar-refractivity contribution in [3.8, 4) is 28.8 Å². The number of hydrogen-bond donors (Lipinski definition) is 2. The number of nitrogens with zero attached hydrogens (tertiary/aromatic N) is 1. The summed E-state index contributed by atoms with van der Waals surface area (Å²) in [6, 6.07) is 10.2. The summed E-state index contributed by atoms with van der Waals surface area (Å²) < 4.78 is 10.9. The predicted molar refractivity (Wildman–Crippen MR) is 114 cm³/mol. The van der Waals surface area contributed by atoms with Gasteiger partial charge in [-0.1, -0.05) is 11.8 Å². The number of ether oxygens (including phenoxy) is 2. The molecule has 0 atom stereocenters. The molecule has 5 heteroatoms. The van der Waals surface area contributed by atoms with Crippen LogP contribution in [0.15, 0.2) is 36.5 Å². The molecular formula is C24H26N2O3. The molecule has 3 heterocycles. The van der Waals surface area contributed by atoms with Crippen molar-refractivity contribution in [3.63, 3.8) is 0 Å². The van der Waals surface area contributed by atoms with E-state index in [1.807, 2.05) is 12.1 Å². The first-order chi connectivity index (χ1) is 14.3. The number of aliphatic hydroxyl groups is 1. The van der Waals surface area contributed by atoms with Crippen molar-refractivity contribution >= 4 is 11.0 Å². The molecule has 0 aliphatic carbocycles. The normalized spacial score (nSPS) is 14.6. The van der Waals surface area contributed by atoms with Crippen molar-refractivity contribution in [2.45, 2.75) is 25.7 Å². The molecular weight excluding hydrogens is 364 g/mol. The Kier molecular flexibility index (Phi) is 6.14. The van der Waals surface area contributed by atoms with E-state index < -0.39 is 0 Å². The van der Waals surface area contributed by atoms with Gasteiger partial charge in [0.15, 0.2) is 0 Å². The zero-order valence-corrected chi connectivity index (χ0v) is 16.7. The molecule has 1 saturated heterocycles. The summed E-state index contributed by atoms with van der Waals surface area (Å²) in [6.07, 6.45) is 5.41. The molecule has 2 aromatic heterocycles. The molecule has 1 fully saturated rings. The number of aliphatic hydroxyl groups excluding tert-OH is 1. The van der Waals surface area contributed by atoms with Crippen LogP contribution in [0, 0.1) is 17.8 Å². The SMILES string of the molecule is COc1ccc(-c2[nH]c3ncc(C#CCCO)cc3c2CC2CCOCC2)cc1. The van der Waals surface area contributed by atoms with Crippen LogP contribution in [0.3, 0.4) is 0 Å². The molecule has 150 valence electrons. The van der Waals surface area contributed by atoms with Crippen LogP contribution >= 0.6 is 0 Å². The van der Waals surface area contributed by atoms with Gasteiger partial charge in [0.2, 0.25) is 0 Å². The number of fused-ring (bicyclic) bond motifs is 1. The Morgan fingerprint density at radius 2 is 2.03 bits per heavy atom. The Bertz CT molecular complexity index is 1020. The van der Waals surface area contributed by atoms with Crippen molar-refractivity contribution in [3.05, 3.63) is 47.7 Å². The van der Waals surface area contributed by atoms with Crippen LogP contribution in [0.4, 0.5) is 0 Å². The summed E-state index contributed by atoms with van der Waals surface area (Å²) in [5.74, 6) is 7.54. The molecule has 4 rings (SSSR count). The van der Waals surface area contributed by atoms with Crippen molar-refractivity contribution in [2.75, 3.05) is 26.9 Å². The van der Waals surface area contributed by atoms with Crippen LogP contribution in [0.25, 0.3) is 22.3 Å². The molecule has 2 N–H and O–H groups in total. The summed E-state index contributed by atoms with van der Waals surface area (Å²) in [5.41, 5.74) is 5.28. The maximum atomic E-state index is 8.97. The van der Waals surface area contributed by atoms with Gasteiger partial charge in [-0.15, -0.1) is 0 Å². The highest BCUT2D eigenvalue weighted by Crippen LogP contribution is 2.34. The van der Waals surface area contributed by atoms with Crippen LogP contribution in [0.2, 0.25) is 0 Å². The maximum Gasteiger partial charge on any atom is 0.138 e. The molecule has 1 aromatic carbocycles. The number of pyridine rings is 1. The number of rotatable bonds is 5. The molecule has 1 aliphatic rings. The van der Waals surface area contributed by atoms with E-state index in [-0.39, 0.29) is 6.61 Å². The zero-order chi connectivity index (χ0) is 20.1. The fourth-order valence-corrected chi connectivity index (χ4v) is 3.87. The van der Waals surface area contributed by atoms with Gasteiger partial charge < -0.3 is 19.6 Å². The van der Waals surface area contributed by atoms with Crippen LogP contribution in [0.1, 0.15) is 30.4 Å². The van der Waals surface area contributed by atoms with Gasteiger partial charge in [-0.3, -0.25) is 0 Å². The van der Waals surface area contributed by atoms with Gasteiger partial charge in [0.1, 0.15) is 11.4 Å². The van der Waals surface area contributed by atoms with E-state index in [9.17, 15) is 0 Å². The fourth-order valence-electron chi connectivity index (χ4n) is 3.87. The number of hydrogen-bond acceptors (Lipinski definition) is 4. The number of aromatic nitrogens is 2. The third-order valence-corrected chi connectivity index (χ3v) is 5.44. The predicted octanol–water partition coefficient (Wildman–Crippen LogP) is 3.94. The van der Waals surface area contributed by atoms with Crippen molar-refractivity contribution in [2.24, 2.45) is 5.92 Å². The quantitative estimate of drug-likeness (QED) is 0.648. The fraction of sp³-hybridized carbons (Fsp3) is 0.375. The summed E-state index contributed by atoms with van der Waals surface area (Å²) >= 11 is 0. The Hall–Kier alpha value is -2.81. The Balaban J connectivity index is 1.77. The summed E-state index contributed by atoms with van der Waals surface area (Å²) in [5, 5.41) is 10.1. The molecule has 0 saturated carbocycles. The lowest BCUT2D eigenvalue weighted by Gasteiger charge is -2.22. The highest BCUT2D eigenvalue weighted by atomic mass is 16.5. The minimum atomic E-state index is 0.0729. The molecule has 1 aliphatic heterocycles. The molecule has 29 heavy (non-hydrogen) atoms. The molecule has 0 unspecified atom stereocenters. The Morgan fingerprint density at radius 3 is 2.76 bits per heavy atom. The van der Waals surface area contributed by atoms with Gasteiger partial charge >= 0.3 is 0 Å². The second-order valence-corrected chi connectivity index (χ2v) is 7.36. The van der Waals surface area contributed by atoms with Gasteiger partial charge in [0.25, 0.3) is 0 Å².